The van der Waals surface area contributed by atoms with E-state index in [4.69, 9.17) is 5.73 Å². The number of hydrogen-bond donors (Lipinski definition) is 2. The quantitative estimate of drug-likeness (QED) is 0.875. The van der Waals surface area contributed by atoms with Crippen LogP contribution in [0.3, 0.4) is 0 Å². The van der Waals surface area contributed by atoms with Gasteiger partial charge >= 0.3 is 0 Å². The van der Waals surface area contributed by atoms with E-state index in [0.717, 1.165) is 36.5 Å². The van der Waals surface area contributed by atoms with Gasteiger partial charge in [-0.2, -0.15) is 0 Å². The van der Waals surface area contributed by atoms with E-state index in [1.807, 2.05) is 23.3 Å². The van der Waals surface area contributed by atoms with Gasteiger partial charge in [0.05, 0.1) is 6.04 Å². The summed E-state index contributed by atoms with van der Waals surface area (Å²) in [6.07, 6.45) is 3.52. The van der Waals surface area contributed by atoms with Crippen molar-refractivity contribution in [3.05, 3.63) is 16.3 Å². The number of piperidine rings is 1. The van der Waals surface area contributed by atoms with Crippen molar-refractivity contribution in [1.82, 2.24) is 10.2 Å². The molecule has 0 saturated carbocycles. The van der Waals surface area contributed by atoms with Crippen molar-refractivity contribution in [3.8, 4) is 0 Å². The molecule has 100 valence electrons. The normalized spacial score (nSPS) is 17.7. The highest BCUT2D eigenvalue weighted by atomic mass is 32.1. The molecule has 0 radical (unpaired) electrons. The Labute approximate surface area is 112 Å². The SMILES string of the molecule is CC(NCc1sccc1N)C(=O)N1CCCCC1. The minimum Gasteiger partial charge on any atom is -0.398 e. The van der Waals surface area contributed by atoms with Gasteiger partial charge in [0.2, 0.25) is 5.91 Å². The monoisotopic (exact) mass is 267 g/mol. The van der Waals surface area contributed by atoms with Gasteiger partial charge < -0.3 is 16.0 Å². The predicted octanol–water partition coefficient (Wildman–Crippen LogP) is 1.82. The van der Waals surface area contributed by atoms with Gasteiger partial charge in [0.25, 0.3) is 0 Å². The van der Waals surface area contributed by atoms with Crippen LogP contribution in [0.5, 0.6) is 0 Å². The summed E-state index contributed by atoms with van der Waals surface area (Å²) >= 11 is 1.63. The van der Waals surface area contributed by atoms with E-state index in [0.29, 0.717) is 6.54 Å². The van der Waals surface area contributed by atoms with E-state index in [1.54, 1.807) is 11.3 Å². The van der Waals surface area contributed by atoms with E-state index < -0.39 is 0 Å². The van der Waals surface area contributed by atoms with Crippen LogP contribution in [0.2, 0.25) is 0 Å². The third kappa shape index (κ3) is 3.23. The van der Waals surface area contributed by atoms with E-state index in [2.05, 4.69) is 5.32 Å². The first-order chi connectivity index (χ1) is 8.68. The van der Waals surface area contributed by atoms with Crippen molar-refractivity contribution in [3.63, 3.8) is 0 Å². The van der Waals surface area contributed by atoms with Gasteiger partial charge in [-0.05, 0) is 37.6 Å². The molecule has 5 heteroatoms. The van der Waals surface area contributed by atoms with Crippen LogP contribution in [0, 0.1) is 0 Å². The Morgan fingerprint density at radius 3 is 2.83 bits per heavy atom. The predicted molar refractivity (Wildman–Crippen MR) is 75.5 cm³/mol. The lowest BCUT2D eigenvalue weighted by Gasteiger charge is -2.29. The van der Waals surface area contributed by atoms with Crippen LogP contribution < -0.4 is 11.1 Å². The largest absolute Gasteiger partial charge is 0.398 e. The first kappa shape index (κ1) is 13.4. The third-order valence-electron chi connectivity index (χ3n) is 3.39. The molecule has 2 heterocycles. The fourth-order valence-electron chi connectivity index (χ4n) is 2.22. The maximum atomic E-state index is 12.2. The Bertz CT molecular complexity index is 399. The van der Waals surface area contributed by atoms with Crippen molar-refractivity contribution in [2.45, 2.75) is 38.8 Å². The Balaban J connectivity index is 1.82. The molecule has 4 nitrogen and oxygen atoms in total. The van der Waals surface area contributed by atoms with Crippen molar-refractivity contribution in [1.29, 1.82) is 0 Å². The summed E-state index contributed by atoms with van der Waals surface area (Å²) in [6, 6.07) is 1.77. The molecule has 1 fully saturated rings. The van der Waals surface area contributed by atoms with E-state index >= 15 is 0 Å². The molecule has 18 heavy (non-hydrogen) atoms. The van der Waals surface area contributed by atoms with Gasteiger partial charge in [-0.3, -0.25) is 4.79 Å². The van der Waals surface area contributed by atoms with Crippen LogP contribution in [-0.4, -0.2) is 29.9 Å². The lowest BCUT2D eigenvalue weighted by atomic mass is 10.1. The van der Waals surface area contributed by atoms with Gasteiger partial charge in [0.1, 0.15) is 0 Å². The van der Waals surface area contributed by atoms with Gasteiger partial charge in [-0.15, -0.1) is 11.3 Å². The topological polar surface area (TPSA) is 58.4 Å². The highest BCUT2D eigenvalue weighted by molar-refractivity contribution is 7.10. The lowest BCUT2D eigenvalue weighted by Crippen LogP contribution is -2.46. The minimum absolute atomic E-state index is 0.135. The van der Waals surface area contributed by atoms with Crippen LogP contribution in [-0.2, 0) is 11.3 Å². The Morgan fingerprint density at radius 2 is 2.22 bits per heavy atom. The van der Waals surface area contributed by atoms with Crippen LogP contribution in [0.4, 0.5) is 5.69 Å². The summed E-state index contributed by atoms with van der Waals surface area (Å²) < 4.78 is 0. The number of thiophene rings is 1. The highest BCUT2D eigenvalue weighted by Crippen LogP contribution is 2.18. The molecule has 1 saturated heterocycles. The molecule has 0 bridgehead atoms. The fraction of sp³-hybridized carbons (Fsp3) is 0.615. The van der Waals surface area contributed by atoms with Crippen molar-refractivity contribution in [2.75, 3.05) is 18.8 Å². The first-order valence-electron chi connectivity index (χ1n) is 6.52. The van der Waals surface area contributed by atoms with Crippen molar-refractivity contribution in [2.24, 2.45) is 0 Å². The molecular formula is C13H21N3OS. The number of nitrogen functional groups attached to an aromatic ring is 1. The average Bonchev–Trinajstić information content (AvgIpc) is 2.81. The number of hydrogen-bond acceptors (Lipinski definition) is 4. The Hall–Kier alpha value is -1.07. The van der Waals surface area contributed by atoms with Crippen LogP contribution in [0.1, 0.15) is 31.1 Å². The number of carbonyl (C=O) groups excluding carboxylic acids is 1. The zero-order valence-electron chi connectivity index (χ0n) is 10.8. The molecule has 1 unspecified atom stereocenters. The molecule has 1 atom stereocenters. The molecule has 2 rings (SSSR count). The van der Waals surface area contributed by atoms with Crippen molar-refractivity contribution < 1.29 is 4.79 Å². The zero-order chi connectivity index (χ0) is 13.0. The van der Waals surface area contributed by atoms with Gasteiger partial charge in [0, 0.05) is 30.2 Å². The number of nitrogens with zero attached hydrogens (tertiary/aromatic N) is 1. The zero-order valence-corrected chi connectivity index (χ0v) is 11.6. The molecule has 1 aliphatic heterocycles. The van der Waals surface area contributed by atoms with Crippen LogP contribution >= 0.6 is 11.3 Å². The summed E-state index contributed by atoms with van der Waals surface area (Å²) in [6.45, 7) is 4.42. The van der Waals surface area contributed by atoms with Gasteiger partial charge in [-0.25, -0.2) is 0 Å². The van der Waals surface area contributed by atoms with E-state index in [-0.39, 0.29) is 11.9 Å². The van der Waals surface area contributed by atoms with Crippen LogP contribution in [0.25, 0.3) is 0 Å². The summed E-state index contributed by atoms with van der Waals surface area (Å²) in [5, 5.41) is 5.24. The number of rotatable bonds is 4. The molecule has 1 aromatic rings. The van der Waals surface area contributed by atoms with E-state index in [1.165, 1.54) is 6.42 Å². The smallest absolute Gasteiger partial charge is 0.239 e. The molecule has 0 aliphatic carbocycles. The average molecular weight is 267 g/mol. The number of amides is 1. The van der Waals surface area contributed by atoms with Gasteiger partial charge in [-0.1, -0.05) is 0 Å². The number of likely N-dealkylation sites (tertiary alicyclic amines) is 1. The summed E-state index contributed by atoms with van der Waals surface area (Å²) in [5.41, 5.74) is 6.63. The summed E-state index contributed by atoms with van der Waals surface area (Å²) in [7, 11) is 0. The second kappa shape index (κ2) is 6.20. The second-order valence-corrected chi connectivity index (χ2v) is 5.79. The summed E-state index contributed by atoms with van der Waals surface area (Å²) in [4.78, 5) is 15.3. The van der Waals surface area contributed by atoms with Crippen molar-refractivity contribution >= 4 is 22.9 Å². The molecular weight excluding hydrogens is 246 g/mol. The number of nitrogens with one attached hydrogen (secondary N) is 1. The Morgan fingerprint density at radius 1 is 1.50 bits per heavy atom. The molecule has 0 spiro atoms. The Kier molecular flexibility index (Phi) is 4.60. The standard InChI is InChI=1S/C13H21N3OS/c1-10(13(17)16-6-3-2-4-7-16)15-9-12-11(14)5-8-18-12/h5,8,10,15H,2-4,6-7,9,14H2,1H3. The number of nitrogens with two attached hydrogens (primary N) is 1. The first-order valence-corrected chi connectivity index (χ1v) is 7.40. The molecule has 1 aliphatic rings. The maximum Gasteiger partial charge on any atom is 0.239 e. The molecule has 1 amide bonds. The third-order valence-corrected chi connectivity index (χ3v) is 4.32. The fourth-order valence-corrected chi connectivity index (χ4v) is 2.97. The summed E-state index contributed by atoms with van der Waals surface area (Å²) in [5.74, 6) is 0.213. The van der Waals surface area contributed by atoms with Crippen LogP contribution in [0.15, 0.2) is 11.4 Å². The van der Waals surface area contributed by atoms with Gasteiger partial charge in [0.15, 0.2) is 0 Å². The van der Waals surface area contributed by atoms with E-state index in [9.17, 15) is 4.79 Å². The number of carbonyl (C=O) groups is 1. The second-order valence-electron chi connectivity index (χ2n) is 4.79. The minimum atomic E-state index is -0.135. The maximum absolute atomic E-state index is 12.2. The lowest BCUT2D eigenvalue weighted by molar-refractivity contribution is -0.133. The molecule has 1 aromatic heterocycles. The highest BCUT2D eigenvalue weighted by Gasteiger charge is 2.21. The molecule has 3 N–H and O–H groups in total. The number of anilines is 1. The molecule has 0 aromatic carbocycles.